The number of hydrogen-bond donors (Lipinski definition) is 1. The molecule has 2 aliphatic carbocycles. The van der Waals surface area contributed by atoms with E-state index in [2.05, 4.69) is 44.0 Å². The third-order valence-corrected chi connectivity index (χ3v) is 9.57. The minimum Gasteiger partial charge on any atom is -0.504 e. The van der Waals surface area contributed by atoms with E-state index < -0.39 is 0 Å². The predicted molar refractivity (Wildman–Crippen MR) is 133 cm³/mol. The van der Waals surface area contributed by atoms with Crippen molar-refractivity contribution in [3.8, 4) is 11.5 Å². The maximum absolute atomic E-state index is 13.3. The van der Waals surface area contributed by atoms with E-state index >= 15 is 0 Å². The van der Waals surface area contributed by atoms with Crippen LogP contribution in [-0.4, -0.2) is 59.6 Å². The fourth-order valence-electron chi connectivity index (χ4n) is 7.82. The summed E-state index contributed by atoms with van der Waals surface area (Å²) in [5, 5.41) is 10.8. The van der Waals surface area contributed by atoms with E-state index in [1.165, 1.54) is 16.7 Å². The lowest BCUT2D eigenvalue weighted by atomic mass is 9.43. The van der Waals surface area contributed by atoms with Gasteiger partial charge in [-0.2, -0.15) is 0 Å². The van der Waals surface area contributed by atoms with Gasteiger partial charge < -0.3 is 19.6 Å². The van der Waals surface area contributed by atoms with Crippen molar-refractivity contribution in [2.75, 3.05) is 20.6 Å². The zero-order chi connectivity index (χ0) is 23.8. The second kappa shape index (κ2) is 7.35. The zero-order valence-corrected chi connectivity index (χ0v) is 20.5. The lowest BCUT2D eigenvalue weighted by Gasteiger charge is -2.65. The van der Waals surface area contributed by atoms with Gasteiger partial charge >= 0.3 is 0 Å². The molecule has 1 spiro atoms. The molecule has 5 heteroatoms. The summed E-state index contributed by atoms with van der Waals surface area (Å²) in [6.07, 6.45) is 7.36. The smallest absolute Gasteiger partial charge is 0.246 e. The van der Waals surface area contributed by atoms with E-state index in [0.29, 0.717) is 11.8 Å². The Balaban J connectivity index is 1.38. The van der Waals surface area contributed by atoms with Gasteiger partial charge in [0.2, 0.25) is 5.91 Å². The van der Waals surface area contributed by atoms with Crippen LogP contribution in [0.1, 0.15) is 48.4 Å². The number of aromatic hydroxyl groups is 1. The average Bonchev–Trinajstić information content (AvgIpc) is 3.17. The zero-order valence-electron chi connectivity index (χ0n) is 20.5. The number of phenolic OH excluding ortho intramolecular Hbond substituents is 1. The topological polar surface area (TPSA) is 53.0 Å². The number of nitrogens with zero attached hydrogens (tertiary/aromatic N) is 2. The van der Waals surface area contributed by atoms with Gasteiger partial charge in [0.1, 0.15) is 6.10 Å². The molecule has 1 saturated heterocycles. The predicted octanol–water partition coefficient (Wildman–Crippen LogP) is 4.30. The number of aryl methyl sites for hydroxylation is 1. The Hall–Kier alpha value is -2.79. The van der Waals surface area contributed by atoms with Gasteiger partial charge in [0.15, 0.2) is 11.5 Å². The van der Waals surface area contributed by atoms with Crippen LogP contribution in [0.15, 0.2) is 42.5 Å². The minimum absolute atomic E-state index is 0.00389. The standard InChI is InChI=1S/C29H34N2O3/c1-18-6-5-7-19(16-18)8-11-24(33)31(4)21-12-13-28(2)23-17-20-9-10-22(32)26-25(20)29(28,27(21)34-26)14-15-30(23)3/h5-11,16,21,23,27,32H,12-15,17H2,1-4H3/t21-,23+,27-,28-,29-/m0/s1. The number of likely N-dealkylation sites (tertiary alicyclic amines) is 1. The first kappa shape index (κ1) is 21.7. The summed E-state index contributed by atoms with van der Waals surface area (Å²) in [5.74, 6) is 0.893. The maximum atomic E-state index is 13.3. The summed E-state index contributed by atoms with van der Waals surface area (Å²) in [5.41, 5.74) is 4.61. The number of carbonyl (C=O) groups excluding carboxylic acids is 1. The molecule has 2 bridgehead atoms. The van der Waals surface area contributed by atoms with Crippen LogP contribution in [0, 0.1) is 12.3 Å². The van der Waals surface area contributed by atoms with Crippen LogP contribution in [0.5, 0.6) is 11.5 Å². The van der Waals surface area contributed by atoms with Gasteiger partial charge in [0.05, 0.1) is 6.04 Å². The molecule has 6 rings (SSSR count). The normalized spacial score (nSPS) is 33.5. The van der Waals surface area contributed by atoms with E-state index in [0.717, 1.165) is 37.8 Å². The van der Waals surface area contributed by atoms with E-state index in [1.807, 2.05) is 30.2 Å². The van der Waals surface area contributed by atoms with Crippen LogP contribution in [0.25, 0.3) is 6.08 Å². The highest BCUT2D eigenvalue weighted by atomic mass is 16.5. The molecule has 178 valence electrons. The molecule has 2 aliphatic heterocycles. The van der Waals surface area contributed by atoms with Gasteiger partial charge in [0.25, 0.3) is 0 Å². The maximum Gasteiger partial charge on any atom is 0.246 e. The molecule has 0 unspecified atom stereocenters. The summed E-state index contributed by atoms with van der Waals surface area (Å²) in [7, 11) is 4.16. The number of hydrogen-bond acceptors (Lipinski definition) is 4. The molecule has 1 N–H and O–H groups in total. The van der Waals surface area contributed by atoms with Crippen molar-refractivity contribution >= 4 is 12.0 Å². The van der Waals surface area contributed by atoms with Crippen molar-refractivity contribution in [3.63, 3.8) is 0 Å². The molecule has 4 aliphatic rings. The number of amides is 1. The molecule has 2 heterocycles. The molecule has 5 nitrogen and oxygen atoms in total. The number of rotatable bonds is 3. The molecule has 2 fully saturated rings. The van der Waals surface area contributed by atoms with Crippen LogP contribution in [-0.2, 0) is 16.6 Å². The van der Waals surface area contributed by atoms with E-state index in [-0.39, 0.29) is 34.6 Å². The molecule has 1 amide bonds. The van der Waals surface area contributed by atoms with Crippen LogP contribution < -0.4 is 4.74 Å². The van der Waals surface area contributed by atoms with Crippen LogP contribution in [0.3, 0.4) is 0 Å². The quantitative estimate of drug-likeness (QED) is 0.697. The number of phenols is 1. The van der Waals surface area contributed by atoms with E-state index in [1.54, 1.807) is 12.1 Å². The van der Waals surface area contributed by atoms with E-state index in [4.69, 9.17) is 4.74 Å². The third-order valence-electron chi connectivity index (χ3n) is 9.57. The largest absolute Gasteiger partial charge is 0.504 e. The fourth-order valence-corrected chi connectivity index (χ4v) is 7.82. The summed E-state index contributed by atoms with van der Waals surface area (Å²) in [6.45, 7) is 5.50. The molecule has 1 saturated carbocycles. The Morgan fingerprint density at radius 3 is 2.88 bits per heavy atom. The number of carbonyl (C=O) groups is 1. The Morgan fingerprint density at radius 1 is 1.26 bits per heavy atom. The van der Waals surface area contributed by atoms with E-state index in [9.17, 15) is 9.90 Å². The van der Waals surface area contributed by atoms with Crippen molar-refractivity contribution in [2.24, 2.45) is 5.41 Å². The minimum atomic E-state index is -0.177. The van der Waals surface area contributed by atoms with Crippen LogP contribution in [0.2, 0.25) is 0 Å². The van der Waals surface area contributed by atoms with Gasteiger partial charge in [-0.3, -0.25) is 4.79 Å². The van der Waals surface area contributed by atoms with Gasteiger partial charge in [-0.1, -0.05) is 42.8 Å². The second-order valence-electron chi connectivity index (χ2n) is 11.1. The molecule has 0 aromatic heterocycles. The highest BCUT2D eigenvalue weighted by Crippen LogP contribution is 2.69. The molecular formula is C29H34N2O3. The van der Waals surface area contributed by atoms with Crippen molar-refractivity contribution in [3.05, 3.63) is 64.7 Å². The molecule has 2 aromatic rings. The van der Waals surface area contributed by atoms with Crippen LogP contribution >= 0.6 is 0 Å². The van der Waals surface area contributed by atoms with Crippen LogP contribution in [0.4, 0.5) is 0 Å². The monoisotopic (exact) mass is 458 g/mol. The molecule has 0 radical (unpaired) electrons. The first-order chi connectivity index (χ1) is 16.3. The molecular weight excluding hydrogens is 424 g/mol. The van der Waals surface area contributed by atoms with Gasteiger partial charge in [-0.05, 0) is 74.9 Å². The molecule has 34 heavy (non-hydrogen) atoms. The fraction of sp³-hybridized carbons (Fsp3) is 0.483. The SMILES string of the molecule is Cc1cccc(C=CC(=O)N(C)[C@H]2CC[C@@]3(C)[C@H]4Cc5ccc(O)c6c5[C@@]3(CCN4C)[C@H]2O6)c1. The number of piperidine rings is 1. The summed E-state index contributed by atoms with van der Waals surface area (Å²) in [6, 6.07) is 12.5. The van der Waals surface area contributed by atoms with Crippen molar-refractivity contribution in [1.29, 1.82) is 0 Å². The highest BCUT2D eigenvalue weighted by molar-refractivity contribution is 5.92. The lowest BCUT2D eigenvalue weighted by molar-refractivity contribution is -0.148. The highest BCUT2D eigenvalue weighted by Gasteiger charge is 2.71. The Kier molecular flexibility index (Phi) is 4.70. The number of likely N-dealkylation sites (N-methyl/N-ethyl adjacent to an activating group) is 2. The first-order valence-electron chi connectivity index (χ1n) is 12.5. The molecule has 5 atom stereocenters. The van der Waals surface area contributed by atoms with Gasteiger partial charge in [-0.25, -0.2) is 0 Å². The average molecular weight is 459 g/mol. The lowest BCUT2D eigenvalue weighted by Crippen LogP contribution is -2.73. The summed E-state index contributed by atoms with van der Waals surface area (Å²) >= 11 is 0. The Morgan fingerprint density at radius 2 is 2.09 bits per heavy atom. The third kappa shape index (κ3) is 2.73. The van der Waals surface area contributed by atoms with Crippen molar-refractivity contribution in [1.82, 2.24) is 9.80 Å². The van der Waals surface area contributed by atoms with Gasteiger partial charge in [0, 0.05) is 30.1 Å². The number of ether oxygens (including phenoxy) is 1. The van der Waals surface area contributed by atoms with Gasteiger partial charge in [-0.15, -0.1) is 0 Å². The molecule has 2 aromatic carbocycles. The summed E-state index contributed by atoms with van der Waals surface area (Å²) in [4.78, 5) is 17.7. The number of benzene rings is 2. The summed E-state index contributed by atoms with van der Waals surface area (Å²) < 4.78 is 6.69. The van der Waals surface area contributed by atoms with Crippen molar-refractivity contribution in [2.45, 2.75) is 63.1 Å². The first-order valence-corrected chi connectivity index (χ1v) is 12.5. The Bertz CT molecular complexity index is 1210. The Labute approximate surface area is 202 Å². The van der Waals surface area contributed by atoms with Crippen molar-refractivity contribution < 1.29 is 14.6 Å². The second-order valence-corrected chi connectivity index (χ2v) is 11.1.